The van der Waals surface area contributed by atoms with Crippen LogP contribution in [0.3, 0.4) is 0 Å². The molecule has 1 aliphatic heterocycles. The van der Waals surface area contributed by atoms with Crippen LogP contribution in [0.1, 0.15) is 12.8 Å². The van der Waals surface area contributed by atoms with Gasteiger partial charge in [-0.2, -0.15) is 0 Å². The summed E-state index contributed by atoms with van der Waals surface area (Å²) in [7, 11) is 0. The lowest BCUT2D eigenvalue weighted by Crippen LogP contribution is -2.19. The maximum absolute atomic E-state index is 9.36. The average Bonchev–Trinajstić information content (AvgIpc) is 2.35. The number of fused-ring (bicyclic) bond motifs is 1. The number of hydrogen-bond donors (Lipinski definition) is 2. The molecule has 0 aromatic rings. The zero-order valence-electron chi connectivity index (χ0n) is 5.51. The Labute approximate surface area is 55.3 Å². The fourth-order valence-electron chi connectivity index (χ4n) is 2.12. The van der Waals surface area contributed by atoms with E-state index in [9.17, 15) is 5.11 Å². The molecule has 0 aromatic carbocycles. The van der Waals surface area contributed by atoms with Gasteiger partial charge < -0.3 is 10.4 Å². The third-order valence-electron chi connectivity index (χ3n) is 2.72. The fourth-order valence-corrected chi connectivity index (χ4v) is 2.12. The second-order valence-corrected chi connectivity index (χ2v) is 3.23. The van der Waals surface area contributed by atoms with E-state index in [0.717, 1.165) is 25.4 Å². The molecule has 52 valence electrons. The molecule has 1 aliphatic carbocycles. The second-order valence-electron chi connectivity index (χ2n) is 3.23. The highest BCUT2D eigenvalue weighted by molar-refractivity contribution is 4.91. The van der Waals surface area contributed by atoms with Gasteiger partial charge in [-0.15, -0.1) is 0 Å². The standard InChI is InChI=1S/C7H13NO/c9-7-2-1-5-3-8-4-6(5)7/h5-9H,1-4H2/t5?,6?,7-/m0/s1. The monoisotopic (exact) mass is 127 g/mol. The molecule has 0 radical (unpaired) electrons. The number of hydrogen-bond acceptors (Lipinski definition) is 2. The van der Waals surface area contributed by atoms with Gasteiger partial charge in [0.15, 0.2) is 0 Å². The van der Waals surface area contributed by atoms with Gasteiger partial charge in [-0.25, -0.2) is 0 Å². The minimum atomic E-state index is 0.00463. The highest BCUT2D eigenvalue weighted by atomic mass is 16.3. The molecule has 2 aliphatic rings. The van der Waals surface area contributed by atoms with Crippen LogP contribution >= 0.6 is 0 Å². The molecule has 2 N–H and O–H groups in total. The van der Waals surface area contributed by atoms with Crippen molar-refractivity contribution >= 4 is 0 Å². The van der Waals surface area contributed by atoms with Crippen molar-refractivity contribution < 1.29 is 5.11 Å². The molecular weight excluding hydrogens is 114 g/mol. The third-order valence-corrected chi connectivity index (χ3v) is 2.72. The molecule has 1 heterocycles. The highest BCUT2D eigenvalue weighted by Gasteiger charge is 2.37. The van der Waals surface area contributed by atoms with Crippen LogP contribution in [-0.4, -0.2) is 24.3 Å². The van der Waals surface area contributed by atoms with Crippen molar-refractivity contribution in [2.45, 2.75) is 18.9 Å². The number of nitrogens with one attached hydrogen (secondary N) is 1. The summed E-state index contributed by atoms with van der Waals surface area (Å²) < 4.78 is 0. The van der Waals surface area contributed by atoms with Gasteiger partial charge in [0, 0.05) is 12.5 Å². The normalized spacial score (nSPS) is 49.7. The first-order valence-electron chi connectivity index (χ1n) is 3.76. The average molecular weight is 127 g/mol. The Kier molecular flexibility index (Phi) is 1.24. The predicted octanol–water partition coefficient (Wildman–Crippen LogP) is -0.0233. The van der Waals surface area contributed by atoms with Crippen molar-refractivity contribution in [2.75, 3.05) is 13.1 Å². The van der Waals surface area contributed by atoms with Gasteiger partial charge in [-0.3, -0.25) is 0 Å². The van der Waals surface area contributed by atoms with Gasteiger partial charge in [0.1, 0.15) is 0 Å². The molecular formula is C7H13NO. The summed E-state index contributed by atoms with van der Waals surface area (Å²) in [6.07, 6.45) is 2.28. The van der Waals surface area contributed by atoms with Crippen LogP contribution in [0.15, 0.2) is 0 Å². The van der Waals surface area contributed by atoms with Crippen molar-refractivity contribution in [1.82, 2.24) is 5.32 Å². The molecule has 0 bridgehead atoms. The van der Waals surface area contributed by atoms with Gasteiger partial charge in [0.25, 0.3) is 0 Å². The lowest BCUT2D eigenvalue weighted by atomic mass is 10.00. The van der Waals surface area contributed by atoms with Crippen LogP contribution in [-0.2, 0) is 0 Å². The molecule has 0 spiro atoms. The van der Waals surface area contributed by atoms with E-state index in [-0.39, 0.29) is 6.10 Å². The largest absolute Gasteiger partial charge is 0.393 e. The zero-order valence-corrected chi connectivity index (χ0v) is 5.51. The van der Waals surface area contributed by atoms with E-state index in [4.69, 9.17) is 0 Å². The van der Waals surface area contributed by atoms with Gasteiger partial charge in [-0.05, 0) is 25.3 Å². The van der Waals surface area contributed by atoms with E-state index in [1.807, 2.05) is 0 Å². The smallest absolute Gasteiger partial charge is 0.0583 e. The van der Waals surface area contributed by atoms with E-state index >= 15 is 0 Å². The van der Waals surface area contributed by atoms with Crippen LogP contribution in [0.2, 0.25) is 0 Å². The van der Waals surface area contributed by atoms with Crippen molar-refractivity contribution in [2.24, 2.45) is 11.8 Å². The van der Waals surface area contributed by atoms with Crippen LogP contribution < -0.4 is 5.32 Å². The van der Waals surface area contributed by atoms with E-state index in [2.05, 4.69) is 5.32 Å². The topological polar surface area (TPSA) is 32.3 Å². The highest BCUT2D eigenvalue weighted by Crippen LogP contribution is 2.33. The van der Waals surface area contributed by atoms with Gasteiger partial charge >= 0.3 is 0 Å². The molecule has 0 amide bonds. The van der Waals surface area contributed by atoms with Gasteiger partial charge in [-0.1, -0.05) is 0 Å². The van der Waals surface area contributed by atoms with Crippen LogP contribution in [0, 0.1) is 11.8 Å². The summed E-state index contributed by atoms with van der Waals surface area (Å²) in [5, 5.41) is 12.7. The number of rotatable bonds is 0. The van der Waals surface area contributed by atoms with E-state index in [1.54, 1.807) is 0 Å². The number of aliphatic hydroxyl groups is 1. The summed E-state index contributed by atoms with van der Waals surface area (Å²) in [6.45, 7) is 2.19. The van der Waals surface area contributed by atoms with Crippen LogP contribution in [0.25, 0.3) is 0 Å². The number of aliphatic hydroxyl groups excluding tert-OH is 1. The Balaban J connectivity index is 2.07. The van der Waals surface area contributed by atoms with E-state index < -0.39 is 0 Å². The zero-order chi connectivity index (χ0) is 6.27. The minimum Gasteiger partial charge on any atom is -0.393 e. The first-order chi connectivity index (χ1) is 4.38. The van der Waals surface area contributed by atoms with Crippen molar-refractivity contribution in [1.29, 1.82) is 0 Å². The molecule has 3 atom stereocenters. The molecule has 2 unspecified atom stereocenters. The fraction of sp³-hybridized carbons (Fsp3) is 1.00. The van der Waals surface area contributed by atoms with E-state index in [0.29, 0.717) is 5.92 Å². The van der Waals surface area contributed by atoms with Gasteiger partial charge in [0.05, 0.1) is 6.10 Å². The minimum absolute atomic E-state index is 0.00463. The summed E-state index contributed by atoms with van der Waals surface area (Å²) in [5.41, 5.74) is 0. The van der Waals surface area contributed by atoms with Crippen LogP contribution in [0.4, 0.5) is 0 Å². The molecule has 2 heteroatoms. The van der Waals surface area contributed by atoms with E-state index in [1.165, 1.54) is 6.42 Å². The van der Waals surface area contributed by atoms with Crippen molar-refractivity contribution in [3.8, 4) is 0 Å². The van der Waals surface area contributed by atoms with Gasteiger partial charge in [0.2, 0.25) is 0 Å². The Morgan fingerprint density at radius 1 is 1.22 bits per heavy atom. The first kappa shape index (κ1) is 5.69. The Bertz CT molecular complexity index is 115. The molecule has 2 fully saturated rings. The Morgan fingerprint density at radius 2 is 2.11 bits per heavy atom. The molecule has 2 nitrogen and oxygen atoms in total. The summed E-state index contributed by atoms with van der Waals surface area (Å²) in [4.78, 5) is 0. The second kappa shape index (κ2) is 1.96. The molecule has 0 aromatic heterocycles. The van der Waals surface area contributed by atoms with Crippen LogP contribution in [0.5, 0.6) is 0 Å². The summed E-state index contributed by atoms with van der Waals surface area (Å²) >= 11 is 0. The quantitative estimate of drug-likeness (QED) is 0.479. The predicted molar refractivity (Wildman–Crippen MR) is 35.1 cm³/mol. The third kappa shape index (κ3) is 0.775. The SMILES string of the molecule is O[C@H]1CCC2CNCC21. The van der Waals surface area contributed by atoms with Crippen molar-refractivity contribution in [3.05, 3.63) is 0 Å². The molecule has 1 saturated heterocycles. The molecule has 2 rings (SSSR count). The lowest BCUT2D eigenvalue weighted by Gasteiger charge is -2.09. The Hall–Kier alpha value is -0.0800. The maximum atomic E-state index is 9.36. The molecule has 9 heavy (non-hydrogen) atoms. The van der Waals surface area contributed by atoms with Crippen molar-refractivity contribution in [3.63, 3.8) is 0 Å². The summed E-state index contributed by atoms with van der Waals surface area (Å²) in [6, 6.07) is 0. The first-order valence-corrected chi connectivity index (χ1v) is 3.76. The maximum Gasteiger partial charge on any atom is 0.0583 e. The Morgan fingerprint density at radius 3 is 2.89 bits per heavy atom. The summed E-state index contributed by atoms with van der Waals surface area (Å²) in [5.74, 6) is 1.38. The molecule has 1 saturated carbocycles. The lowest BCUT2D eigenvalue weighted by molar-refractivity contribution is 0.133.